The summed E-state index contributed by atoms with van der Waals surface area (Å²) < 4.78 is 4.91. The van der Waals surface area contributed by atoms with E-state index in [-0.39, 0.29) is 5.78 Å². The molecule has 0 saturated carbocycles. The van der Waals surface area contributed by atoms with Crippen LogP contribution in [0.2, 0.25) is 0 Å². The van der Waals surface area contributed by atoms with Gasteiger partial charge in [-0.1, -0.05) is 44.2 Å². The summed E-state index contributed by atoms with van der Waals surface area (Å²) in [6, 6.07) is 9.31. The number of ketones is 1. The molecule has 4 nitrogen and oxygen atoms in total. The number of nitrogens with zero attached hydrogens (tertiary/aromatic N) is 1. The number of carbonyl (C=O) groups is 1. The molecule has 1 unspecified atom stereocenters. The average Bonchev–Trinajstić information content (AvgIpc) is 2.38. The molecular formula is C16H25NO3. The first-order valence-corrected chi connectivity index (χ1v) is 6.82. The molecule has 1 N–H and O–H groups in total. The molecule has 1 aromatic rings. The maximum atomic E-state index is 12.5. The monoisotopic (exact) mass is 279 g/mol. The molecule has 0 spiro atoms. The van der Waals surface area contributed by atoms with Crippen molar-refractivity contribution in [1.29, 1.82) is 0 Å². The van der Waals surface area contributed by atoms with Gasteiger partial charge in [0.2, 0.25) is 0 Å². The van der Waals surface area contributed by atoms with E-state index >= 15 is 0 Å². The Hall–Kier alpha value is -1.23. The van der Waals surface area contributed by atoms with Crippen molar-refractivity contribution in [3.05, 3.63) is 35.9 Å². The van der Waals surface area contributed by atoms with Crippen LogP contribution >= 0.6 is 0 Å². The van der Waals surface area contributed by atoms with Crippen molar-refractivity contribution in [2.75, 3.05) is 33.9 Å². The van der Waals surface area contributed by atoms with Crippen LogP contribution in [0, 0.1) is 5.41 Å². The minimum Gasteiger partial charge on any atom is -0.389 e. The van der Waals surface area contributed by atoms with Crippen LogP contribution < -0.4 is 0 Å². The Balaban J connectivity index is 2.62. The normalized spacial score (nSPS) is 13.5. The van der Waals surface area contributed by atoms with E-state index in [1.54, 1.807) is 7.11 Å². The summed E-state index contributed by atoms with van der Waals surface area (Å²) in [7, 11) is 3.46. The summed E-state index contributed by atoms with van der Waals surface area (Å²) in [6.45, 7) is 5.24. The van der Waals surface area contributed by atoms with Crippen molar-refractivity contribution in [2.45, 2.75) is 20.0 Å². The van der Waals surface area contributed by atoms with Gasteiger partial charge in [0.25, 0.3) is 0 Å². The number of methoxy groups -OCH3 is 1. The maximum Gasteiger partial charge on any atom is 0.169 e. The summed E-state index contributed by atoms with van der Waals surface area (Å²) in [5.74, 6) is 0.117. The van der Waals surface area contributed by atoms with Gasteiger partial charge in [0.05, 0.1) is 12.7 Å². The molecule has 112 valence electrons. The van der Waals surface area contributed by atoms with Gasteiger partial charge in [-0.15, -0.1) is 0 Å². The summed E-state index contributed by atoms with van der Waals surface area (Å²) in [4.78, 5) is 14.5. The lowest BCUT2D eigenvalue weighted by molar-refractivity contribution is 0.0351. The molecule has 0 aromatic heterocycles. The molecule has 4 heteroatoms. The van der Waals surface area contributed by atoms with E-state index in [4.69, 9.17) is 4.74 Å². The summed E-state index contributed by atoms with van der Waals surface area (Å²) >= 11 is 0. The van der Waals surface area contributed by atoms with E-state index in [2.05, 4.69) is 0 Å². The third-order valence-electron chi connectivity index (χ3n) is 3.20. The second kappa shape index (κ2) is 7.53. The van der Waals surface area contributed by atoms with Gasteiger partial charge >= 0.3 is 0 Å². The topological polar surface area (TPSA) is 49.8 Å². The lowest BCUT2D eigenvalue weighted by Crippen LogP contribution is -2.41. The van der Waals surface area contributed by atoms with Crippen molar-refractivity contribution in [3.63, 3.8) is 0 Å². The van der Waals surface area contributed by atoms with Crippen molar-refractivity contribution in [1.82, 2.24) is 4.90 Å². The number of aliphatic hydroxyl groups excluding tert-OH is 1. The zero-order chi connectivity index (χ0) is 15.2. The van der Waals surface area contributed by atoms with E-state index in [1.807, 2.05) is 56.1 Å². The number of aliphatic hydroxyl groups is 1. The molecule has 0 fully saturated rings. The van der Waals surface area contributed by atoms with Crippen molar-refractivity contribution < 1.29 is 14.6 Å². The van der Waals surface area contributed by atoms with Crippen molar-refractivity contribution in [2.24, 2.45) is 5.41 Å². The molecule has 20 heavy (non-hydrogen) atoms. The van der Waals surface area contributed by atoms with E-state index in [0.717, 1.165) is 5.56 Å². The molecule has 0 aliphatic carbocycles. The first kappa shape index (κ1) is 16.8. The zero-order valence-electron chi connectivity index (χ0n) is 12.8. The molecule has 1 aromatic carbocycles. The van der Waals surface area contributed by atoms with Gasteiger partial charge in [-0.25, -0.2) is 0 Å². The van der Waals surface area contributed by atoms with Crippen LogP contribution in [-0.4, -0.2) is 55.7 Å². The van der Waals surface area contributed by atoms with Crippen LogP contribution in [0.15, 0.2) is 30.3 Å². The molecule has 0 aliphatic heterocycles. The minimum atomic E-state index is -0.535. The summed E-state index contributed by atoms with van der Waals surface area (Å²) in [5, 5.41) is 9.72. The molecular weight excluding hydrogens is 254 g/mol. The van der Waals surface area contributed by atoms with E-state index in [1.165, 1.54) is 0 Å². The number of likely N-dealkylation sites (N-methyl/N-ethyl adjacent to an activating group) is 1. The smallest absolute Gasteiger partial charge is 0.169 e. The van der Waals surface area contributed by atoms with Crippen LogP contribution in [0.4, 0.5) is 0 Å². The highest BCUT2D eigenvalue weighted by molar-refractivity contribution is 6.00. The highest BCUT2D eigenvalue weighted by atomic mass is 16.5. The third-order valence-corrected chi connectivity index (χ3v) is 3.20. The van der Waals surface area contributed by atoms with Gasteiger partial charge in [-0.05, 0) is 7.05 Å². The number of benzene rings is 1. The Labute approximate surface area is 121 Å². The van der Waals surface area contributed by atoms with Gasteiger partial charge in [0.15, 0.2) is 5.78 Å². The summed E-state index contributed by atoms with van der Waals surface area (Å²) in [5.41, 5.74) is 0.228. The Kier molecular flexibility index (Phi) is 6.33. The SMILES string of the molecule is COCC(O)CN(C)CC(C)(C)C(=O)c1ccccc1. The van der Waals surface area contributed by atoms with E-state index in [9.17, 15) is 9.90 Å². The Bertz CT molecular complexity index is 417. The van der Waals surface area contributed by atoms with E-state index < -0.39 is 11.5 Å². The number of hydrogen-bond acceptors (Lipinski definition) is 4. The Morgan fingerprint density at radius 2 is 1.95 bits per heavy atom. The van der Waals surface area contributed by atoms with Crippen LogP contribution in [-0.2, 0) is 4.74 Å². The molecule has 0 amide bonds. The fraction of sp³-hybridized carbons (Fsp3) is 0.562. The van der Waals surface area contributed by atoms with Crippen LogP contribution in [0.5, 0.6) is 0 Å². The second-order valence-electron chi connectivity index (χ2n) is 5.88. The average molecular weight is 279 g/mol. The Morgan fingerprint density at radius 1 is 1.35 bits per heavy atom. The lowest BCUT2D eigenvalue weighted by atomic mass is 9.83. The number of rotatable bonds is 8. The van der Waals surface area contributed by atoms with Crippen molar-refractivity contribution in [3.8, 4) is 0 Å². The molecule has 0 heterocycles. The van der Waals surface area contributed by atoms with E-state index in [0.29, 0.717) is 19.7 Å². The maximum absolute atomic E-state index is 12.5. The number of carbonyl (C=O) groups excluding carboxylic acids is 1. The van der Waals surface area contributed by atoms with Gasteiger partial charge in [-0.3, -0.25) is 4.79 Å². The number of ether oxygens (including phenoxy) is 1. The highest BCUT2D eigenvalue weighted by Crippen LogP contribution is 2.23. The first-order valence-electron chi connectivity index (χ1n) is 6.82. The molecule has 0 radical (unpaired) electrons. The third kappa shape index (κ3) is 5.04. The molecule has 1 rings (SSSR count). The standard InChI is InChI=1S/C16H25NO3/c1-16(2,12-17(3)10-14(18)11-20-4)15(19)13-8-6-5-7-9-13/h5-9,14,18H,10-12H2,1-4H3. The van der Waals surface area contributed by atoms with Crippen LogP contribution in [0.1, 0.15) is 24.2 Å². The predicted molar refractivity (Wildman–Crippen MR) is 79.9 cm³/mol. The Morgan fingerprint density at radius 3 is 2.50 bits per heavy atom. The zero-order valence-corrected chi connectivity index (χ0v) is 12.8. The fourth-order valence-corrected chi connectivity index (χ4v) is 2.40. The fourth-order valence-electron chi connectivity index (χ4n) is 2.40. The molecule has 0 bridgehead atoms. The first-order chi connectivity index (χ1) is 9.36. The van der Waals surface area contributed by atoms with Crippen LogP contribution in [0.3, 0.4) is 0 Å². The second-order valence-corrected chi connectivity index (χ2v) is 5.88. The number of hydrogen-bond donors (Lipinski definition) is 1. The van der Waals surface area contributed by atoms with Gasteiger partial charge in [0, 0.05) is 31.2 Å². The summed E-state index contributed by atoms with van der Waals surface area (Å²) in [6.07, 6.45) is -0.535. The molecule has 0 saturated heterocycles. The molecule has 0 aliphatic rings. The van der Waals surface area contributed by atoms with Gasteiger partial charge in [-0.2, -0.15) is 0 Å². The lowest BCUT2D eigenvalue weighted by Gasteiger charge is -2.30. The van der Waals surface area contributed by atoms with Gasteiger partial charge in [0.1, 0.15) is 0 Å². The van der Waals surface area contributed by atoms with Gasteiger partial charge < -0.3 is 14.7 Å². The largest absolute Gasteiger partial charge is 0.389 e. The predicted octanol–water partition coefficient (Wildman–Crippen LogP) is 1.83. The highest BCUT2D eigenvalue weighted by Gasteiger charge is 2.30. The molecule has 1 atom stereocenters. The van der Waals surface area contributed by atoms with Crippen LogP contribution in [0.25, 0.3) is 0 Å². The number of Topliss-reactive ketones (excluding diaryl/α,β-unsaturated/α-hetero) is 1. The minimum absolute atomic E-state index is 0.117. The van der Waals surface area contributed by atoms with Crippen molar-refractivity contribution >= 4 is 5.78 Å². The quantitative estimate of drug-likeness (QED) is 0.738.